The zero-order valence-electron chi connectivity index (χ0n) is 16.0. The minimum Gasteiger partial charge on any atom is -0.466 e. The average molecular weight is 411 g/mol. The van der Waals surface area contributed by atoms with Crippen molar-refractivity contribution in [2.45, 2.75) is 31.6 Å². The van der Waals surface area contributed by atoms with E-state index in [1.54, 1.807) is 6.92 Å². The fraction of sp³-hybridized carbons (Fsp3) is 0.526. The second kappa shape index (κ2) is 9.68. The summed E-state index contributed by atoms with van der Waals surface area (Å²) >= 11 is 0. The van der Waals surface area contributed by atoms with Crippen LogP contribution in [0.3, 0.4) is 0 Å². The molecule has 154 valence electrons. The van der Waals surface area contributed by atoms with Crippen LogP contribution >= 0.6 is 0 Å². The first-order valence-corrected chi connectivity index (χ1v) is 10.9. The molecule has 28 heavy (non-hydrogen) atoms. The lowest BCUT2D eigenvalue weighted by Gasteiger charge is -2.30. The summed E-state index contributed by atoms with van der Waals surface area (Å²) in [6.45, 7) is 3.82. The highest BCUT2D eigenvalue weighted by molar-refractivity contribution is 7.91. The van der Waals surface area contributed by atoms with Gasteiger partial charge in [0.1, 0.15) is 0 Å². The van der Waals surface area contributed by atoms with Crippen molar-refractivity contribution < 1.29 is 32.3 Å². The molecule has 0 atom stereocenters. The first-order valence-electron chi connectivity index (χ1n) is 9.23. The third-order valence-corrected chi connectivity index (χ3v) is 6.40. The number of sulfone groups is 1. The van der Waals surface area contributed by atoms with Crippen molar-refractivity contribution in [2.24, 2.45) is 5.92 Å². The van der Waals surface area contributed by atoms with E-state index in [4.69, 9.17) is 9.47 Å². The Labute approximate surface area is 164 Å². The molecule has 0 radical (unpaired) electrons. The third-order valence-electron chi connectivity index (χ3n) is 4.62. The van der Waals surface area contributed by atoms with Gasteiger partial charge in [0, 0.05) is 13.1 Å². The number of ether oxygens (including phenoxy) is 2. The number of carbonyl (C=O) groups excluding carboxylic acids is 3. The molecule has 1 heterocycles. The van der Waals surface area contributed by atoms with Crippen LogP contribution in [0.25, 0.3) is 0 Å². The lowest BCUT2D eigenvalue weighted by Crippen LogP contribution is -2.42. The minimum atomic E-state index is -3.59. The fourth-order valence-corrected chi connectivity index (χ4v) is 4.07. The van der Waals surface area contributed by atoms with E-state index in [-0.39, 0.29) is 34.0 Å². The Bertz CT molecular complexity index is 826. The molecule has 1 aliphatic heterocycles. The Hall–Kier alpha value is -2.42. The molecular formula is C19H25NO7S. The van der Waals surface area contributed by atoms with Crippen LogP contribution in [0.2, 0.25) is 0 Å². The van der Waals surface area contributed by atoms with Crippen molar-refractivity contribution in [3.8, 4) is 0 Å². The van der Waals surface area contributed by atoms with Crippen molar-refractivity contribution in [1.82, 2.24) is 4.90 Å². The quantitative estimate of drug-likeness (QED) is 0.625. The number of rotatable bonds is 7. The Balaban J connectivity index is 1.92. The number of hydrogen-bond donors (Lipinski definition) is 0. The van der Waals surface area contributed by atoms with E-state index in [2.05, 4.69) is 0 Å². The molecule has 0 bridgehead atoms. The van der Waals surface area contributed by atoms with E-state index < -0.39 is 22.4 Å². The molecule has 1 aromatic carbocycles. The predicted octanol–water partition coefficient (Wildman–Crippen LogP) is 1.44. The van der Waals surface area contributed by atoms with E-state index in [9.17, 15) is 22.8 Å². The van der Waals surface area contributed by atoms with Crippen LogP contribution in [0.1, 0.15) is 37.0 Å². The number of benzene rings is 1. The predicted molar refractivity (Wildman–Crippen MR) is 100 cm³/mol. The summed E-state index contributed by atoms with van der Waals surface area (Å²) in [5.41, 5.74) is -0.0850. The zero-order chi connectivity index (χ0) is 20.7. The summed E-state index contributed by atoms with van der Waals surface area (Å²) in [6.07, 6.45) is 0.992. The average Bonchev–Trinajstić information content (AvgIpc) is 2.72. The number of piperidine rings is 1. The van der Waals surface area contributed by atoms with Crippen molar-refractivity contribution in [3.63, 3.8) is 0 Å². The van der Waals surface area contributed by atoms with Gasteiger partial charge in [-0.05, 0) is 31.9 Å². The van der Waals surface area contributed by atoms with Crippen LogP contribution in [0.15, 0.2) is 29.2 Å². The number of amides is 1. The number of esters is 2. The monoisotopic (exact) mass is 411 g/mol. The highest BCUT2D eigenvalue weighted by atomic mass is 32.2. The molecule has 0 spiro atoms. The first-order chi connectivity index (χ1) is 13.3. The van der Waals surface area contributed by atoms with Gasteiger partial charge in [-0.1, -0.05) is 19.1 Å². The molecule has 0 N–H and O–H groups in total. The summed E-state index contributed by atoms with van der Waals surface area (Å²) in [7, 11) is -3.59. The smallest absolute Gasteiger partial charge is 0.339 e. The van der Waals surface area contributed by atoms with Gasteiger partial charge in [0.25, 0.3) is 5.91 Å². The number of carbonyl (C=O) groups is 3. The molecule has 0 aromatic heterocycles. The Morgan fingerprint density at radius 2 is 1.71 bits per heavy atom. The maximum Gasteiger partial charge on any atom is 0.339 e. The maximum atomic E-state index is 12.3. The minimum absolute atomic E-state index is 0.0850. The van der Waals surface area contributed by atoms with Crippen LogP contribution in [-0.2, 0) is 28.9 Å². The Morgan fingerprint density at radius 1 is 1.07 bits per heavy atom. The Kier molecular flexibility index (Phi) is 7.56. The van der Waals surface area contributed by atoms with Crippen molar-refractivity contribution in [3.05, 3.63) is 29.8 Å². The maximum absolute atomic E-state index is 12.3. The lowest BCUT2D eigenvalue weighted by molar-refractivity contribution is -0.151. The molecule has 2 rings (SSSR count). The summed E-state index contributed by atoms with van der Waals surface area (Å²) in [5, 5.41) is 0. The molecular weight excluding hydrogens is 386 g/mol. The largest absolute Gasteiger partial charge is 0.466 e. The van der Waals surface area contributed by atoms with Gasteiger partial charge in [0.05, 0.1) is 28.7 Å². The summed E-state index contributed by atoms with van der Waals surface area (Å²) in [6, 6.07) is 5.77. The molecule has 8 nitrogen and oxygen atoms in total. The van der Waals surface area contributed by atoms with E-state index in [0.717, 1.165) is 0 Å². The molecule has 1 saturated heterocycles. The topological polar surface area (TPSA) is 107 Å². The molecule has 0 aliphatic carbocycles. The van der Waals surface area contributed by atoms with Gasteiger partial charge in [-0.3, -0.25) is 9.59 Å². The van der Waals surface area contributed by atoms with Crippen molar-refractivity contribution in [1.29, 1.82) is 0 Å². The third kappa shape index (κ3) is 5.31. The normalized spacial score (nSPS) is 15.1. The van der Waals surface area contributed by atoms with E-state index in [0.29, 0.717) is 32.5 Å². The molecule has 1 aromatic rings. The van der Waals surface area contributed by atoms with Gasteiger partial charge in [0.15, 0.2) is 16.4 Å². The molecule has 1 fully saturated rings. The van der Waals surface area contributed by atoms with Crippen LogP contribution < -0.4 is 0 Å². The van der Waals surface area contributed by atoms with Crippen molar-refractivity contribution >= 4 is 27.7 Å². The number of hydrogen-bond acceptors (Lipinski definition) is 7. The molecule has 9 heteroatoms. The number of nitrogens with zero attached hydrogens (tertiary/aromatic N) is 1. The lowest BCUT2D eigenvalue weighted by atomic mass is 9.97. The van der Waals surface area contributed by atoms with Crippen LogP contribution in [-0.4, -0.2) is 63.2 Å². The molecule has 1 amide bonds. The summed E-state index contributed by atoms with van der Waals surface area (Å²) < 4.78 is 34.3. The van der Waals surface area contributed by atoms with Gasteiger partial charge < -0.3 is 14.4 Å². The van der Waals surface area contributed by atoms with Gasteiger partial charge in [0.2, 0.25) is 0 Å². The van der Waals surface area contributed by atoms with Crippen LogP contribution in [0.4, 0.5) is 0 Å². The van der Waals surface area contributed by atoms with Crippen LogP contribution in [0.5, 0.6) is 0 Å². The first kappa shape index (κ1) is 21.9. The number of likely N-dealkylation sites (tertiary alicyclic amines) is 1. The molecule has 0 saturated carbocycles. The molecule has 1 aliphatic rings. The van der Waals surface area contributed by atoms with E-state index in [1.165, 1.54) is 36.1 Å². The summed E-state index contributed by atoms with van der Waals surface area (Å²) in [4.78, 5) is 37.8. The van der Waals surface area contributed by atoms with E-state index >= 15 is 0 Å². The second-order valence-corrected chi connectivity index (χ2v) is 8.63. The fourth-order valence-electron chi connectivity index (χ4n) is 2.98. The molecule has 0 unspecified atom stereocenters. The Morgan fingerprint density at radius 3 is 2.32 bits per heavy atom. The van der Waals surface area contributed by atoms with E-state index in [1.807, 2.05) is 0 Å². The van der Waals surface area contributed by atoms with Gasteiger partial charge in [-0.2, -0.15) is 0 Å². The zero-order valence-corrected chi connectivity index (χ0v) is 16.9. The highest BCUT2D eigenvalue weighted by Crippen LogP contribution is 2.20. The van der Waals surface area contributed by atoms with Gasteiger partial charge >= 0.3 is 11.9 Å². The standard InChI is InChI=1S/C19H25NO7S/c1-3-26-18(22)14-9-11-20(12-10-14)17(21)13-27-19(23)15-7-5-6-8-16(15)28(24,25)4-2/h5-8,14H,3-4,9-13H2,1-2H3. The van der Waals surface area contributed by atoms with Gasteiger partial charge in [-0.25, -0.2) is 13.2 Å². The van der Waals surface area contributed by atoms with Gasteiger partial charge in [-0.15, -0.1) is 0 Å². The summed E-state index contributed by atoms with van der Waals surface area (Å²) in [5.74, 6) is -1.87. The second-order valence-electron chi connectivity index (χ2n) is 6.38. The van der Waals surface area contributed by atoms with Crippen LogP contribution in [0, 0.1) is 5.92 Å². The SMILES string of the molecule is CCOC(=O)C1CCN(C(=O)COC(=O)c2ccccc2S(=O)(=O)CC)CC1. The highest BCUT2D eigenvalue weighted by Gasteiger charge is 2.29. The van der Waals surface area contributed by atoms with Crippen molar-refractivity contribution in [2.75, 3.05) is 32.1 Å².